The van der Waals surface area contributed by atoms with Gasteiger partial charge in [-0.3, -0.25) is 14.5 Å². The first-order valence-corrected chi connectivity index (χ1v) is 8.00. The van der Waals surface area contributed by atoms with Crippen LogP contribution < -0.4 is 10.1 Å². The molecular weight excluding hydrogens is 340 g/mol. The van der Waals surface area contributed by atoms with Crippen LogP contribution in [0.4, 0.5) is 0 Å². The molecule has 3 rings (SSSR count). The lowest BCUT2D eigenvalue weighted by atomic mass is 10.1. The van der Waals surface area contributed by atoms with Crippen LogP contribution in [0.2, 0.25) is 5.02 Å². The van der Waals surface area contributed by atoms with E-state index in [4.69, 9.17) is 16.3 Å². The fourth-order valence-corrected chi connectivity index (χ4v) is 2.56. The van der Waals surface area contributed by atoms with E-state index in [-0.39, 0.29) is 5.91 Å². The normalized spacial score (nSPS) is 10.5. The standard InChI is InChI=1S/C18H17ClN4O2/c1-23-11-13(10-22-23)16-5-3-12(8-20-16)9-21-18(24)15-7-14(19)4-6-17(15)25-2/h3-8,10-11H,9H2,1-2H3,(H,21,24). The number of aryl methyl sites for hydroxylation is 1. The van der Waals surface area contributed by atoms with E-state index < -0.39 is 0 Å². The summed E-state index contributed by atoms with van der Waals surface area (Å²) in [6.07, 6.45) is 5.39. The molecule has 1 N–H and O–H groups in total. The molecule has 0 unspecified atom stereocenters. The first kappa shape index (κ1) is 17.0. The Labute approximate surface area is 150 Å². The second-order valence-corrected chi connectivity index (χ2v) is 5.92. The zero-order valence-electron chi connectivity index (χ0n) is 13.9. The molecule has 2 aromatic heterocycles. The van der Waals surface area contributed by atoms with Crippen molar-refractivity contribution in [3.8, 4) is 17.0 Å². The quantitative estimate of drug-likeness (QED) is 0.762. The highest BCUT2D eigenvalue weighted by molar-refractivity contribution is 6.31. The zero-order valence-corrected chi connectivity index (χ0v) is 14.6. The molecule has 1 amide bonds. The van der Waals surface area contributed by atoms with Crippen molar-refractivity contribution in [1.82, 2.24) is 20.1 Å². The number of aromatic nitrogens is 3. The highest BCUT2D eigenvalue weighted by Gasteiger charge is 2.12. The van der Waals surface area contributed by atoms with Crippen LogP contribution in [0.25, 0.3) is 11.3 Å². The van der Waals surface area contributed by atoms with Crippen molar-refractivity contribution in [2.24, 2.45) is 7.05 Å². The average Bonchev–Trinajstić information content (AvgIpc) is 3.06. The van der Waals surface area contributed by atoms with E-state index in [1.54, 1.807) is 35.3 Å². The molecule has 7 heteroatoms. The van der Waals surface area contributed by atoms with E-state index in [2.05, 4.69) is 15.4 Å². The van der Waals surface area contributed by atoms with Crippen LogP contribution >= 0.6 is 11.6 Å². The number of methoxy groups -OCH3 is 1. The van der Waals surface area contributed by atoms with Gasteiger partial charge >= 0.3 is 0 Å². The number of hydrogen-bond acceptors (Lipinski definition) is 4. The Hall–Kier alpha value is -2.86. The molecule has 0 aliphatic carbocycles. The molecule has 0 fully saturated rings. The molecule has 0 aliphatic rings. The van der Waals surface area contributed by atoms with E-state index in [1.165, 1.54) is 7.11 Å². The van der Waals surface area contributed by atoms with Crippen molar-refractivity contribution >= 4 is 17.5 Å². The van der Waals surface area contributed by atoms with Gasteiger partial charge in [-0.1, -0.05) is 17.7 Å². The number of nitrogens with one attached hydrogen (secondary N) is 1. The summed E-state index contributed by atoms with van der Waals surface area (Å²) >= 11 is 5.96. The lowest BCUT2D eigenvalue weighted by Gasteiger charge is -2.10. The maximum atomic E-state index is 12.4. The van der Waals surface area contributed by atoms with Gasteiger partial charge in [0.15, 0.2) is 0 Å². The minimum atomic E-state index is -0.254. The van der Waals surface area contributed by atoms with Crippen LogP contribution in [0.5, 0.6) is 5.75 Å². The van der Waals surface area contributed by atoms with Crippen molar-refractivity contribution in [3.05, 3.63) is 65.1 Å². The second kappa shape index (κ2) is 7.36. The number of carbonyl (C=O) groups is 1. The molecule has 25 heavy (non-hydrogen) atoms. The van der Waals surface area contributed by atoms with E-state index in [1.807, 2.05) is 25.4 Å². The molecule has 0 spiro atoms. The third kappa shape index (κ3) is 3.97. The van der Waals surface area contributed by atoms with Gasteiger partial charge in [-0.15, -0.1) is 0 Å². The molecule has 0 bridgehead atoms. The SMILES string of the molecule is COc1ccc(Cl)cc1C(=O)NCc1ccc(-c2cnn(C)c2)nc1. The second-order valence-electron chi connectivity index (χ2n) is 5.48. The summed E-state index contributed by atoms with van der Waals surface area (Å²) < 4.78 is 6.93. The maximum Gasteiger partial charge on any atom is 0.255 e. The molecule has 0 saturated carbocycles. The van der Waals surface area contributed by atoms with Crippen molar-refractivity contribution in [2.45, 2.75) is 6.54 Å². The van der Waals surface area contributed by atoms with Gasteiger partial charge in [0.25, 0.3) is 5.91 Å². The zero-order chi connectivity index (χ0) is 17.8. The van der Waals surface area contributed by atoms with Gasteiger partial charge in [0.2, 0.25) is 0 Å². The Morgan fingerprint density at radius 2 is 2.12 bits per heavy atom. The number of pyridine rings is 1. The number of benzene rings is 1. The number of nitrogens with zero attached hydrogens (tertiary/aromatic N) is 3. The van der Waals surface area contributed by atoms with Gasteiger partial charge < -0.3 is 10.1 Å². The van der Waals surface area contributed by atoms with E-state index >= 15 is 0 Å². The molecular formula is C18H17ClN4O2. The van der Waals surface area contributed by atoms with Crippen molar-refractivity contribution in [2.75, 3.05) is 7.11 Å². The monoisotopic (exact) mass is 356 g/mol. The van der Waals surface area contributed by atoms with Crippen LogP contribution in [0.1, 0.15) is 15.9 Å². The first-order valence-electron chi connectivity index (χ1n) is 7.62. The number of rotatable bonds is 5. The smallest absolute Gasteiger partial charge is 0.255 e. The van der Waals surface area contributed by atoms with Crippen LogP contribution in [0.3, 0.4) is 0 Å². The van der Waals surface area contributed by atoms with Crippen LogP contribution in [-0.4, -0.2) is 27.8 Å². The average molecular weight is 357 g/mol. The number of amides is 1. The van der Waals surface area contributed by atoms with Crippen molar-refractivity contribution in [3.63, 3.8) is 0 Å². The van der Waals surface area contributed by atoms with Gasteiger partial charge in [-0.25, -0.2) is 0 Å². The summed E-state index contributed by atoms with van der Waals surface area (Å²) in [5, 5.41) is 7.46. The fourth-order valence-electron chi connectivity index (χ4n) is 2.39. The summed E-state index contributed by atoms with van der Waals surface area (Å²) in [6.45, 7) is 0.356. The van der Waals surface area contributed by atoms with Crippen molar-refractivity contribution < 1.29 is 9.53 Å². The largest absolute Gasteiger partial charge is 0.496 e. The van der Waals surface area contributed by atoms with Gasteiger partial charge in [-0.2, -0.15) is 5.10 Å². The molecule has 6 nitrogen and oxygen atoms in total. The lowest BCUT2D eigenvalue weighted by molar-refractivity contribution is 0.0948. The fraction of sp³-hybridized carbons (Fsp3) is 0.167. The molecule has 0 radical (unpaired) electrons. The Morgan fingerprint density at radius 1 is 1.28 bits per heavy atom. The molecule has 0 saturated heterocycles. The minimum absolute atomic E-state index is 0.254. The molecule has 2 heterocycles. The summed E-state index contributed by atoms with van der Waals surface area (Å²) in [5.41, 5.74) is 3.07. The van der Waals surface area contributed by atoms with Gasteiger partial charge in [0.1, 0.15) is 5.75 Å². The van der Waals surface area contributed by atoms with E-state index in [0.29, 0.717) is 22.9 Å². The minimum Gasteiger partial charge on any atom is -0.496 e. The number of carbonyl (C=O) groups excluding carboxylic acids is 1. The Balaban J connectivity index is 1.67. The molecule has 1 aromatic carbocycles. The van der Waals surface area contributed by atoms with Gasteiger partial charge in [-0.05, 0) is 29.8 Å². The van der Waals surface area contributed by atoms with Gasteiger partial charge in [0, 0.05) is 36.6 Å². The Morgan fingerprint density at radius 3 is 2.76 bits per heavy atom. The molecule has 0 atom stereocenters. The van der Waals surface area contributed by atoms with E-state index in [0.717, 1.165) is 16.8 Å². The van der Waals surface area contributed by atoms with E-state index in [9.17, 15) is 4.79 Å². The Kier molecular flexibility index (Phi) is 5.00. The number of halogens is 1. The van der Waals surface area contributed by atoms with Crippen LogP contribution in [-0.2, 0) is 13.6 Å². The molecule has 0 aliphatic heterocycles. The molecule has 3 aromatic rings. The highest BCUT2D eigenvalue weighted by Crippen LogP contribution is 2.22. The first-order chi connectivity index (χ1) is 12.1. The number of ether oxygens (including phenoxy) is 1. The topological polar surface area (TPSA) is 69.0 Å². The summed E-state index contributed by atoms with van der Waals surface area (Å²) in [5.74, 6) is 0.225. The summed E-state index contributed by atoms with van der Waals surface area (Å²) in [4.78, 5) is 16.8. The van der Waals surface area contributed by atoms with Crippen molar-refractivity contribution in [1.29, 1.82) is 0 Å². The molecule has 128 valence electrons. The number of hydrogen-bond donors (Lipinski definition) is 1. The highest BCUT2D eigenvalue weighted by atomic mass is 35.5. The van der Waals surface area contributed by atoms with Crippen LogP contribution in [0, 0.1) is 0 Å². The predicted octanol–water partition coefficient (Wildman–Crippen LogP) is 3.07. The lowest BCUT2D eigenvalue weighted by Crippen LogP contribution is -2.23. The predicted molar refractivity (Wildman–Crippen MR) is 95.6 cm³/mol. The Bertz CT molecular complexity index is 890. The van der Waals surface area contributed by atoms with Gasteiger partial charge in [0.05, 0.1) is 24.6 Å². The maximum absolute atomic E-state index is 12.4. The van der Waals surface area contributed by atoms with Crippen LogP contribution in [0.15, 0.2) is 48.9 Å². The summed E-state index contributed by atoms with van der Waals surface area (Å²) in [6, 6.07) is 8.75. The summed E-state index contributed by atoms with van der Waals surface area (Å²) in [7, 11) is 3.37. The third-order valence-electron chi connectivity index (χ3n) is 3.68. The third-order valence-corrected chi connectivity index (χ3v) is 3.92.